The molecule has 0 spiro atoms. The fourth-order valence-electron chi connectivity index (χ4n) is 1.62. The minimum Gasteiger partial charge on any atom is -0.447 e. The number of nitrogens with zero attached hydrogens (tertiary/aromatic N) is 1. The molecule has 4 heteroatoms. The van der Waals surface area contributed by atoms with Crippen LogP contribution in [0.25, 0.3) is 6.08 Å². The maximum Gasteiger partial charge on any atom is 0.416 e. The average Bonchev–Trinajstić information content (AvgIpc) is 2.74. The van der Waals surface area contributed by atoms with Crippen molar-refractivity contribution >= 4 is 18.1 Å². The quantitative estimate of drug-likeness (QED) is 0.731. The third-order valence-corrected chi connectivity index (χ3v) is 2.62. The van der Waals surface area contributed by atoms with Gasteiger partial charge in [0.15, 0.2) is 0 Å². The number of ether oxygens (including phenoxy) is 1. The van der Waals surface area contributed by atoms with Gasteiger partial charge < -0.3 is 4.74 Å². The molecule has 0 atom stereocenters. The molecule has 2 amide bonds. The Kier molecular flexibility index (Phi) is 3.23. The van der Waals surface area contributed by atoms with E-state index in [0.717, 1.165) is 16.0 Å². The number of rotatable bonds is 2. The van der Waals surface area contributed by atoms with E-state index in [4.69, 9.17) is 4.74 Å². The highest BCUT2D eigenvalue weighted by molar-refractivity contribution is 6.01. The summed E-state index contributed by atoms with van der Waals surface area (Å²) in [5.41, 5.74) is 2.05. The van der Waals surface area contributed by atoms with Crippen molar-refractivity contribution in [3.05, 3.63) is 41.5 Å². The minimum absolute atomic E-state index is 0.281. The Morgan fingerprint density at radius 2 is 2.18 bits per heavy atom. The number of aryl methyl sites for hydroxylation is 1. The molecule has 0 aromatic heterocycles. The minimum atomic E-state index is -0.565. The van der Waals surface area contributed by atoms with E-state index in [1.165, 1.54) is 6.08 Å². The zero-order valence-corrected chi connectivity index (χ0v) is 9.55. The van der Waals surface area contributed by atoms with Crippen molar-refractivity contribution in [1.82, 2.24) is 4.90 Å². The normalized spacial score (nSPS) is 15.4. The van der Waals surface area contributed by atoms with E-state index in [2.05, 4.69) is 0 Å². The van der Waals surface area contributed by atoms with Crippen molar-refractivity contribution in [2.75, 3.05) is 13.2 Å². The zero-order valence-electron chi connectivity index (χ0n) is 9.55. The van der Waals surface area contributed by atoms with E-state index in [-0.39, 0.29) is 12.5 Å². The van der Waals surface area contributed by atoms with Crippen LogP contribution in [0.4, 0.5) is 4.79 Å². The number of cyclic esters (lactones) is 1. The topological polar surface area (TPSA) is 46.6 Å². The van der Waals surface area contributed by atoms with Gasteiger partial charge in [0.1, 0.15) is 6.61 Å². The molecule has 0 unspecified atom stereocenters. The van der Waals surface area contributed by atoms with Gasteiger partial charge in [0.25, 0.3) is 5.91 Å². The molecule has 0 aliphatic carbocycles. The number of hydrogen-bond acceptors (Lipinski definition) is 3. The van der Waals surface area contributed by atoms with Crippen molar-refractivity contribution < 1.29 is 14.3 Å². The van der Waals surface area contributed by atoms with E-state index in [1.807, 2.05) is 31.2 Å². The lowest BCUT2D eigenvalue weighted by atomic mass is 10.1. The van der Waals surface area contributed by atoms with Gasteiger partial charge in [0.05, 0.1) is 6.54 Å². The van der Waals surface area contributed by atoms with E-state index in [1.54, 1.807) is 6.08 Å². The van der Waals surface area contributed by atoms with E-state index < -0.39 is 6.09 Å². The van der Waals surface area contributed by atoms with Crippen LogP contribution in [-0.2, 0) is 9.53 Å². The van der Waals surface area contributed by atoms with Crippen LogP contribution >= 0.6 is 0 Å². The van der Waals surface area contributed by atoms with Crippen molar-refractivity contribution in [2.24, 2.45) is 0 Å². The summed E-state index contributed by atoms with van der Waals surface area (Å²) in [6.45, 7) is 2.58. The predicted octanol–water partition coefficient (Wildman–Crippen LogP) is 1.99. The Labute approximate surface area is 99.5 Å². The van der Waals surface area contributed by atoms with Crippen LogP contribution < -0.4 is 0 Å². The second-order valence-corrected chi connectivity index (χ2v) is 3.79. The van der Waals surface area contributed by atoms with Gasteiger partial charge >= 0.3 is 6.09 Å². The number of carbonyl (C=O) groups is 2. The first kappa shape index (κ1) is 11.4. The third-order valence-electron chi connectivity index (χ3n) is 2.62. The molecule has 0 bridgehead atoms. The summed E-state index contributed by atoms with van der Waals surface area (Å²) in [5.74, 6) is -0.337. The molecule has 1 aromatic carbocycles. The van der Waals surface area contributed by atoms with Crippen LogP contribution in [0.5, 0.6) is 0 Å². The summed E-state index contributed by atoms with van der Waals surface area (Å²) in [6, 6.07) is 7.73. The zero-order chi connectivity index (χ0) is 12.3. The van der Waals surface area contributed by atoms with Gasteiger partial charge in [0.2, 0.25) is 0 Å². The summed E-state index contributed by atoms with van der Waals surface area (Å²) in [4.78, 5) is 23.9. The molecule has 2 rings (SSSR count). The number of hydrogen-bond donors (Lipinski definition) is 0. The SMILES string of the molecule is Cc1ccccc1C=CC(=O)N1CCOC1=O. The standard InChI is InChI=1S/C13H13NO3/c1-10-4-2-3-5-11(10)6-7-12(15)14-8-9-17-13(14)16/h2-7H,8-9H2,1H3. The van der Waals surface area contributed by atoms with Crippen LogP contribution in [0.15, 0.2) is 30.3 Å². The predicted molar refractivity (Wildman–Crippen MR) is 63.3 cm³/mol. The lowest BCUT2D eigenvalue weighted by molar-refractivity contribution is -0.122. The summed E-state index contributed by atoms with van der Waals surface area (Å²) < 4.78 is 4.69. The largest absolute Gasteiger partial charge is 0.447 e. The first-order valence-electron chi connectivity index (χ1n) is 5.40. The Morgan fingerprint density at radius 3 is 2.82 bits per heavy atom. The van der Waals surface area contributed by atoms with Crippen molar-refractivity contribution in [2.45, 2.75) is 6.92 Å². The monoisotopic (exact) mass is 231 g/mol. The molecule has 1 saturated heterocycles. The molecule has 88 valence electrons. The molecule has 1 aromatic rings. The molecule has 0 N–H and O–H groups in total. The van der Waals surface area contributed by atoms with Crippen molar-refractivity contribution in [3.63, 3.8) is 0 Å². The number of amides is 2. The summed E-state index contributed by atoms with van der Waals surface area (Å²) in [5, 5.41) is 0. The lowest BCUT2D eigenvalue weighted by Gasteiger charge is -2.06. The van der Waals surface area contributed by atoms with Crippen molar-refractivity contribution in [1.29, 1.82) is 0 Å². The van der Waals surface area contributed by atoms with E-state index >= 15 is 0 Å². The fraction of sp³-hybridized carbons (Fsp3) is 0.231. The lowest BCUT2D eigenvalue weighted by Crippen LogP contribution is -2.29. The van der Waals surface area contributed by atoms with E-state index in [0.29, 0.717) is 6.54 Å². The maximum absolute atomic E-state index is 11.7. The average molecular weight is 231 g/mol. The molecule has 1 aliphatic heterocycles. The Hall–Kier alpha value is -2.10. The van der Waals surface area contributed by atoms with Gasteiger partial charge in [-0.15, -0.1) is 0 Å². The van der Waals surface area contributed by atoms with Crippen LogP contribution in [0.3, 0.4) is 0 Å². The molecule has 1 aliphatic rings. The molecular weight excluding hydrogens is 218 g/mol. The highest BCUT2D eigenvalue weighted by Gasteiger charge is 2.26. The molecule has 0 radical (unpaired) electrons. The summed E-state index contributed by atoms with van der Waals surface area (Å²) in [7, 11) is 0. The Bertz CT molecular complexity index is 479. The molecule has 4 nitrogen and oxygen atoms in total. The first-order chi connectivity index (χ1) is 8.18. The molecule has 17 heavy (non-hydrogen) atoms. The van der Waals surface area contributed by atoms with E-state index in [9.17, 15) is 9.59 Å². The second kappa shape index (κ2) is 4.82. The summed E-state index contributed by atoms with van der Waals surface area (Å²) in [6.07, 6.45) is 2.54. The van der Waals surface area contributed by atoms with Gasteiger partial charge in [-0.05, 0) is 24.1 Å². The molecule has 1 fully saturated rings. The molecule has 0 saturated carbocycles. The van der Waals surface area contributed by atoms with Gasteiger partial charge in [-0.1, -0.05) is 24.3 Å². The summed E-state index contributed by atoms with van der Waals surface area (Å²) >= 11 is 0. The van der Waals surface area contributed by atoms with Crippen molar-refractivity contribution in [3.8, 4) is 0 Å². The fourth-order valence-corrected chi connectivity index (χ4v) is 1.62. The Morgan fingerprint density at radius 1 is 1.41 bits per heavy atom. The van der Waals surface area contributed by atoms with Crippen LogP contribution in [-0.4, -0.2) is 30.1 Å². The van der Waals surface area contributed by atoms with Gasteiger partial charge in [0, 0.05) is 6.08 Å². The number of imide groups is 1. The smallest absolute Gasteiger partial charge is 0.416 e. The number of benzene rings is 1. The molecular formula is C13H13NO3. The van der Waals surface area contributed by atoms with Crippen LogP contribution in [0, 0.1) is 6.92 Å². The third kappa shape index (κ3) is 2.53. The van der Waals surface area contributed by atoms with Gasteiger partial charge in [-0.25, -0.2) is 9.69 Å². The highest BCUT2D eigenvalue weighted by Crippen LogP contribution is 2.10. The van der Waals surface area contributed by atoms with Gasteiger partial charge in [-0.2, -0.15) is 0 Å². The Balaban J connectivity index is 2.08. The maximum atomic E-state index is 11.7. The van der Waals surface area contributed by atoms with Crippen LogP contribution in [0.1, 0.15) is 11.1 Å². The second-order valence-electron chi connectivity index (χ2n) is 3.79. The van der Waals surface area contributed by atoms with Gasteiger partial charge in [-0.3, -0.25) is 4.79 Å². The highest BCUT2D eigenvalue weighted by atomic mass is 16.6. The van der Waals surface area contributed by atoms with Crippen LogP contribution in [0.2, 0.25) is 0 Å². The number of carbonyl (C=O) groups excluding carboxylic acids is 2. The molecule has 1 heterocycles. The first-order valence-corrected chi connectivity index (χ1v) is 5.40.